The van der Waals surface area contributed by atoms with Crippen LogP contribution in [0, 0.1) is 0 Å². The first kappa shape index (κ1) is 13.7. The third-order valence-corrected chi connectivity index (χ3v) is 3.83. The lowest BCUT2D eigenvalue weighted by Crippen LogP contribution is -2.23. The summed E-state index contributed by atoms with van der Waals surface area (Å²) in [7, 11) is -0.755. The van der Waals surface area contributed by atoms with Crippen LogP contribution in [0.15, 0.2) is 30.5 Å². The largest absolute Gasteiger partial charge is 0.412 e. The quantitative estimate of drug-likeness (QED) is 0.779. The van der Waals surface area contributed by atoms with Gasteiger partial charge in [-0.25, -0.2) is 0 Å². The number of hydrazine groups is 1. The van der Waals surface area contributed by atoms with E-state index < -0.39 is 7.60 Å². The monoisotopic (exact) mass is 258 g/mol. The van der Waals surface area contributed by atoms with Crippen LogP contribution in [-0.2, 0) is 9.09 Å². The lowest BCUT2D eigenvalue weighted by Gasteiger charge is -2.28. The van der Waals surface area contributed by atoms with E-state index in [2.05, 4.69) is 9.95 Å². The predicted octanol–water partition coefficient (Wildman–Crippen LogP) is 1.26. The summed E-state index contributed by atoms with van der Waals surface area (Å²) in [6, 6.07) is 7.30. The first-order chi connectivity index (χ1) is 7.54. The Morgan fingerprint density at radius 3 is 2.71 bits per heavy atom. The molecule has 94 valence electrons. The molecule has 1 aliphatic heterocycles. The highest BCUT2D eigenvalue weighted by Crippen LogP contribution is 2.57. The van der Waals surface area contributed by atoms with E-state index in [1.165, 1.54) is 7.11 Å². The highest BCUT2D eigenvalue weighted by atomic mass is 31.2. The number of benzene rings is 1. The summed E-state index contributed by atoms with van der Waals surface area (Å²) >= 11 is 0. The molecule has 1 heterocycles. The van der Waals surface area contributed by atoms with Crippen LogP contribution < -0.4 is 5.43 Å². The molecule has 1 aliphatic rings. The molecule has 2 rings (SSSR count). The first-order valence-electron chi connectivity index (χ1n) is 4.74. The Labute approximate surface area is 99.3 Å². The molecule has 7 heteroatoms. The number of nitrogens with zero attached hydrogens (tertiary/aromatic N) is 1. The molecule has 0 saturated heterocycles. The maximum atomic E-state index is 11.9. The molecule has 1 aromatic rings. The van der Waals surface area contributed by atoms with Crippen LogP contribution in [0.2, 0.25) is 0 Å². The van der Waals surface area contributed by atoms with Gasteiger partial charge in [-0.2, -0.15) is 0 Å². The Balaban J connectivity index is 0.00000144. The maximum Gasteiger partial charge on any atom is 0.360 e. The molecule has 6 nitrogen and oxygen atoms in total. The van der Waals surface area contributed by atoms with E-state index in [0.717, 1.165) is 5.69 Å². The minimum Gasteiger partial charge on any atom is -0.412 e. The zero-order chi connectivity index (χ0) is 11.8. The van der Waals surface area contributed by atoms with Crippen molar-refractivity contribution < 1.29 is 19.5 Å². The summed E-state index contributed by atoms with van der Waals surface area (Å²) in [5.41, 5.74) is 4.53. The van der Waals surface area contributed by atoms with Crippen molar-refractivity contribution >= 4 is 18.6 Å². The SMILES string of the molecule is COP(=O)(O)C1=CN(C)Nc2ccccc21.O. The second-order valence-corrected chi connectivity index (χ2v) is 5.37. The minimum atomic E-state index is -3.74. The number of rotatable bonds is 2. The van der Waals surface area contributed by atoms with Crippen molar-refractivity contribution in [2.24, 2.45) is 0 Å². The van der Waals surface area contributed by atoms with Gasteiger partial charge in [0.2, 0.25) is 0 Å². The predicted molar refractivity (Wildman–Crippen MR) is 66.3 cm³/mol. The van der Waals surface area contributed by atoms with Crippen molar-refractivity contribution in [1.29, 1.82) is 0 Å². The molecular formula is C10H15N2O4P. The van der Waals surface area contributed by atoms with E-state index in [9.17, 15) is 9.46 Å². The van der Waals surface area contributed by atoms with Crippen molar-refractivity contribution in [1.82, 2.24) is 5.01 Å². The number of nitrogens with one attached hydrogen (secondary N) is 1. The van der Waals surface area contributed by atoms with Gasteiger partial charge >= 0.3 is 7.60 Å². The molecule has 1 atom stereocenters. The fraction of sp³-hybridized carbons (Fsp3) is 0.200. The van der Waals surface area contributed by atoms with Gasteiger partial charge in [-0.3, -0.25) is 15.0 Å². The smallest absolute Gasteiger partial charge is 0.360 e. The molecule has 4 N–H and O–H groups in total. The van der Waals surface area contributed by atoms with Gasteiger partial charge in [0, 0.05) is 25.9 Å². The second kappa shape index (κ2) is 4.89. The lowest BCUT2D eigenvalue weighted by molar-refractivity contribution is 0.328. The van der Waals surface area contributed by atoms with E-state index in [4.69, 9.17) is 0 Å². The topological polar surface area (TPSA) is 93.3 Å². The Bertz CT molecular complexity index is 489. The zero-order valence-corrected chi connectivity index (χ0v) is 10.4. The van der Waals surface area contributed by atoms with Gasteiger partial charge in [0.1, 0.15) is 0 Å². The van der Waals surface area contributed by atoms with Gasteiger partial charge in [0.15, 0.2) is 0 Å². The van der Waals surface area contributed by atoms with E-state index in [1.54, 1.807) is 24.3 Å². The molecule has 1 aromatic carbocycles. The molecule has 0 aromatic heterocycles. The summed E-state index contributed by atoms with van der Waals surface area (Å²) in [6.07, 6.45) is 1.56. The molecule has 0 saturated carbocycles. The highest BCUT2D eigenvalue weighted by Gasteiger charge is 2.30. The van der Waals surface area contributed by atoms with Gasteiger partial charge in [0.05, 0.1) is 11.0 Å². The number of fused-ring (bicyclic) bond motifs is 1. The van der Waals surface area contributed by atoms with Crippen LogP contribution in [0.3, 0.4) is 0 Å². The van der Waals surface area contributed by atoms with E-state index in [-0.39, 0.29) is 5.48 Å². The van der Waals surface area contributed by atoms with E-state index >= 15 is 0 Å². The normalized spacial score (nSPS) is 17.1. The van der Waals surface area contributed by atoms with Crippen molar-refractivity contribution in [3.63, 3.8) is 0 Å². The summed E-state index contributed by atoms with van der Waals surface area (Å²) in [4.78, 5) is 9.72. The number of anilines is 1. The van der Waals surface area contributed by atoms with Crippen LogP contribution in [0.1, 0.15) is 5.56 Å². The summed E-state index contributed by atoms with van der Waals surface area (Å²) in [6.45, 7) is 0. The lowest BCUT2D eigenvalue weighted by atomic mass is 10.1. The molecule has 0 aliphatic carbocycles. The molecule has 0 fully saturated rings. The molecule has 0 amide bonds. The van der Waals surface area contributed by atoms with Crippen LogP contribution in [0.25, 0.3) is 5.31 Å². The fourth-order valence-electron chi connectivity index (χ4n) is 1.60. The molecule has 0 bridgehead atoms. The molecule has 17 heavy (non-hydrogen) atoms. The Kier molecular flexibility index (Phi) is 3.95. The van der Waals surface area contributed by atoms with Crippen molar-refractivity contribution in [3.8, 4) is 0 Å². The Morgan fingerprint density at radius 2 is 2.06 bits per heavy atom. The number of hydrogen-bond donors (Lipinski definition) is 2. The second-order valence-electron chi connectivity index (χ2n) is 3.49. The van der Waals surface area contributed by atoms with Gasteiger partial charge in [-0.1, -0.05) is 18.2 Å². The van der Waals surface area contributed by atoms with Gasteiger partial charge < -0.3 is 14.9 Å². The fourth-order valence-corrected chi connectivity index (χ4v) is 2.62. The summed E-state index contributed by atoms with van der Waals surface area (Å²) in [5, 5.41) is 1.92. The van der Waals surface area contributed by atoms with Gasteiger partial charge in [-0.05, 0) is 6.07 Å². The molecule has 1 unspecified atom stereocenters. The van der Waals surface area contributed by atoms with Crippen molar-refractivity contribution in [2.45, 2.75) is 0 Å². The third kappa shape index (κ3) is 2.50. The zero-order valence-electron chi connectivity index (χ0n) is 9.54. The van der Waals surface area contributed by atoms with Crippen molar-refractivity contribution in [3.05, 3.63) is 36.0 Å². The average molecular weight is 258 g/mol. The first-order valence-corrected chi connectivity index (χ1v) is 6.32. The van der Waals surface area contributed by atoms with Crippen LogP contribution in [-0.4, -0.2) is 29.5 Å². The number of para-hydroxylation sites is 1. The van der Waals surface area contributed by atoms with Crippen LogP contribution in [0.5, 0.6) is 0 Å². The highest BCUT2D eigenvalue weighted by molar-refractivity contribution is 7.64. The Hall–Kier alpha value is -1.33. The van der Waals surface area contributed by atoms with Gasteiger partial charge in [-0.15, -0.1) is 0 Å². The molecule has 0 radical (unpaired) electrons. The van der Waals surface area contributed by atoms with Gasteiger partial charge in [0.25, 0.3) is 0 Å². The van der Waals surface area contributed by atoms with E-state index in [0.29, 0.717) is 10.9 Å². The van der Waals surface area contributed by atoms with Crippen LogP contribution >= 0.6 is 7.60 Å². The number of hydrogen-bond acceptors (Lipinski definition) is 4. The summed E-state index contributed by atoms with van der Waals surface area (Å²) < 4.78 is 16.5. The molecular weight excluding hydrogens is 243 g/mol. The maximum absolute atomic E-state index is 11.9. The standard InChI is InChI=1S/C10H13N2O3P.H2O/c1-12-7-10(16(13,14)15-2)8-5-3-4-6-9(8)11-12;/h3-7,11H,1-2H3,(H,13,14);1H2. The Morgan fingerprint density at radius 1 is 1.41 bits per heavy atom. The molecule has 0 spiro atoms. The third-order valence-electron chi connectivity index (χ3n) is 2.37. The van der Waals surface area contributed by atoms with E-state index in [1.807, 2.05) is 18.2 Å². The average Bonchev–Trinajstić information content (AvgIpc) is 2.28. The summed E-state index contributed by atoms with van der Waals surface area (Å²) in [5.74, 6) is 0. The van der Waals surface area contributed by atoms with Crippen molar-refractivity contribution in [2.75, 3.05) is 19.6 Å². The minimum absolute atomic E-state index is 0. The van der Waals surface area contributed by atoms with Crippen LogP contribution in [0.4, 0.5) is 5.69 Å².